The molecule has 1 heterocycles. The molecule has 1 N–H and O–H groups in total. The van der Waals surface area contributed by atoms with Crippen LogP contribution in [0.15, 0.2) is 41.0 Å². The molecule has 0 radical (unpaired) electrons. The maximum Gasteiger partial charge on any atom is 0.120 e. The second-order valence-electron chi connectivity index (χ2n) is 5.03. The van der Waals surface area contributed by atoms with Gasteiger partial charge in [0.2, 0.25) is 0 Å². The van der Waals surface area contributed by atoms with Gasteiger partial charge in [0, 0.05) is 23.3 Å². The second kappa shape index (κ2) is 6.41. The van der Waals surface area contributed by atoms with Crippen molar-refractivity contribution in [2.45, 2.75) is 32.0 Å². The summed E-state index contributed by atoms with van der Waals surface area (Å²) in [6, 6.07) is 10.7. The number of hydrogen-bond donors (Lipinski definition) is 1. The van der Waals surface area contributed by atoms with Crippen LogP contribution in [-0.2, 0) is 13.1 Å². The van der Waals surface area contributed by atoms with Crippen molar-refractivity contribution < 1.29 is 4.74 Å². The number of hydrogen-bond acceptors (Lipinski definition) is 3. The Morgan fingerprint density at radius 2 is 2.25 bits per heavy atom. The third kappa shape index (κ3) is 4.08. The highest BCUT2D eigenvalue weighted by molar-refractivity contribution is 9.10. The summed E-state index contributed by atoms with van der Waals surface area (Å²) in [7, 11) is 0. The molecule has 1 aliphatic carbocycles. The predicted molar refractivity (Wildman–Crippen MR) is 81.7 cm³/mol. The SMILES string of the molecule is Brc1cccc(OCCn2ccc(CNC3CC3)n2)c1. The molecule has 0 unspecified atom stereocenters. The standard InChI is InChI=1S/C15H18BrN3O/c16-12-2-1-3-15(10-12)20-9-8-19-7-6-14(18-19)11-17-13-4-5-13/h1-3,6-7,10,13,17H,4-5,8-9,11H2. The quantitative estimate of drug-likeness (QED) is 0.845. The number of benzene rings is 1. The first-order chi connectivity index (χ1) is 9.79. The molecule has 0 atom stereocenters. The summed E-state index contributed by atoms with van der Waals surface area (Å²) in [4.78, 5) is 0. The Hall–Kier alpha value is -1.33. The van der Waals surface area contributed by atoms with E-state index in [1.54, 1.807) is 0 Å². The van der Waals surface area contributed by atoms with Crippen molar-refractivity contribution in [3.63, 3.8) is 0 Å². The van der Waals surface area contributed by atoms with E-state index in [1.165, 1.54) is 12.8 Å². The molecule has 106 valence electrons. The molecular weight excluding hydrogens is 318 g/mol. The van der Waals surface area contributed by atoms with Crippen LogP contribution in [0.5, 0.6) is 5.75 Å². The van der Waals surface area contributed by atoms with E-state index in [2.05, 4.69) is 32.4 Å². The number of halogens is 1. The van der Waals surface area contributed by atoms with Gasteiger partial charge in [-0.15, -0.1) is 0 Å². The van der Waals surface area contributed by atoms with Crippen molar-refractivity contribution in [2.75, 3.05) is 6.61 Å². The zero-order valence-electron chi connectivity index (χ0n) is 11.3. The van der Waals surface area contributed by atoms with Gasteiger partial charge in [0.1, 0.15) is 12.4 Å². The van der Waals surface area contributed by atoms with E-state index in [1.807, 2.05) is 35.1 Å². The number of rotatable bonds is 7. The minimum Gasteiger partial charge on any atom is -0.492 e. The molecule has 1 aliphatic rings. The van der Waals surface area contributed by atoms with Gasteiger partial charge in [-0.05, 0) is 37.1 Å². The lowest BCUT2D eigenvalue weighted by Gasteiger charge is -2.06. The first-order valence-corrected chi connectivity index (χ1v) is 7.73. The molecule has 4 nitrogen and oxygen atoms in total. The zero-order chi connectivity index (χ0) is 13.8. The molecule has 0 saturated heterocycles. The van der Waals surface area contributed by atoms with Gasteiger partial charge in [-0.1, -0.05) is 22.0 Å². The smallest absolute Gasteiger partial charge is 0.120 e. The average Bonchev–Trinajstić information content (AvgIpc) is 3.16. The van der Waals surface area contributed by atoms with Gasteiger partial charge in [-0.3, -0.25) is 4.68 Å². The van der Waals surface area contributed by atoms with Crippen molar-refractivity contribution >= 4 is 15.9 Å². The lowest BCUT2D eigenvalue weighted by atomic mass is 10.3. The Morgan fingerprint density at radius 1 is 1.35 bits per heavy atom. The van der Waals surface area contributed by atoms with Crippen LogP contribution in [0.3, 0.4) is 0 Å². The third-order valence-electron chi connectivity index (χ3n) is 3.23. The molecule has 3 rings (SSSR count). The van der Waals surface area contributed by atoms with Crippen LogP contribution >= 0.6 is 15.9 Å². The summed E-state index contributed by atoms with van der Waals surface area (Å²) >= 11 is 3.43. The minimum absolute atomic E-state index is 0.619. The Labute approximate surface area is 127 Å². The van der Waals surface area contributed by atoms with E-state index < -0.39 is 0 Å². The second-order valence-corrected chi connectivity index (χ2v) is 5.95. The fourth-order valence-electron chi connectivity index (χ4n) is 1.97. The van der Waals surface area contributed by atoms with Crippen LogP contribution in [0.1, 0.15) is 18.5 Å². The van der Waals surface area contributed by atoms with Gasteiger partial charge in [-0.25, -0.2) is 0 Å². The molecule has 0 bridgehead atoms. The number of ether oxygens (including phenoxy) is 1. The summed E-state index contributed by atoms with van der Waals surface area (Å²) in [6.45, 7) is 2.24. The summed E-state index contributed by atoms with van der Waals surface area (Å²) in [6.07, 6.45) is 4.62. The Balaban J connectivity index is 1.43. The van der Waals surface area contributed by atoms with Gasteiger partial charge in [-0.2, -0.15) is 5.10 Å². The first-order valence-electron chi connectivity index (χ1n) is 6.94. The van der Waals surface area contributed by atoms with E-state index in [0.29, 0.717) is 6.61 Å². The Morgan fingerprint density at radius 3 is 3.05 bits per heavy atom. The summed E-state index contributed by atoms with van der Waals surface area (Å²) in [5.74, 6) is 0.877. The molecule has 5 heteroatoms. The van der Waals surface area contributed by atoms with E-state index in [0.717, 1.165) is 35.0 Å². The van der Waals surface area contributed by atoms with Crippen molar-refractivity contribution in [3.8, 4) is 5.75 Å². The molecule has 2 aromatic rings. The van der Waals surface area contributed by atoms with Crippen molar-refractivity contribution in [2.24, 2.45) is 0 Å². The summed E-state index contributed by atoms with van der Waals surface area (Å²) in [5, 5.41) is 7.99. The highest BCUT2D eigenvalue weighted by Gasteiger charge is 2.20. The monoisotopic (exact) mass is 335 g/mol. The van der Waals surface area contributed by atoms with Gasteiger partial charge >= 0.3 is 0 Å². The number of aromatic nitrogens is 2. The fourth-order valence-corrected chi connectivity index (χ4v) is 2.35. The largest absolute Gasteiger partial charge is 0.492 e. The van der Waals surface area contributed by atoms with Crippen LogP contribution in [0.4, 0.5) is 0 Å². The molecular formula is C15H18BrN3O. The highest BCUT2D eigenvalue weighted by atomic mass is 79.9. The molecule has 1 aromatic carbocycles. The maximum atomic E-state index is 5.70. The van der Waals surface area contributed by atoms with Crippen molar-refractivity contribution in [1.82, 2.24) is 15.1 Å². The van der Waals surface area contributed by atoms with Gasteiger partial charge in [0.15, 0.2) is 0 Å². The lowest BCUT2D eigenvalue weighted by molar-refractivity contribution is 0.290. The van der Waals surface area contributed by atoms with Crippen LogP contribution in [0.25, 0.3) is 0 Å². The van der Waals surface area contributed by atoms with E-state index in [4.69, 9.17) is 4.74 Å². The zero-order valence-corrected chi connectivity index (χ0v) is 12.8. The van der Waals surface area contributed by atoms with Crippen LogP contribution in [0, 0.1) is 0 Å². The van der Waals surface area contributed by atoms with Gasteiger partial charge in [0.25, 0.3) is 0 Å². The lowest BCUT2D eigenvalue weighted by Crippen LogP contribution is -2.16. The molecule has 1 fully saturated rings. The van der Waals surface area contributed by atoms with Crippen LogP contribution in [0.2, 0.25) is 0 Å². The van der Waals surface area contributed by atoms with Crippen LogP contribution < -0.4 is 10.1 Å². The van der Waals surface area contributed by atoms with Gasteiger partial charge in [0.05, 0.1) is 12.2 Å². The molecule has 0 aliphatic heterocycles. The maximum absolute atomic E-state index is 5.70. The summed E-state index contributed by atoms with van der Waals surface area (Å²) in [5.41, 5.74) is 1.10. The van der Waals surface area contributed by atoms with Crippen molar-refractivity contribution in [3.05, 3.63) is 46.7 Å². The molecule has 0 amide bonds. The minimum atomic E-state index is 0.619. The number of nitrogens with zero attached hydrogens (tertiary/aromatic N) is 2. The summed E-state index contributed by atoms with van der Waals surface area (Å²) < 4.78 is 8.66. The molecule has 20 heavy (non-hydrogen) atoms. The first kappa shape index (κ1) is 13.6. The Bertz CT molecular complexity index is 566. The van der Waals surface area contributed by atoms with E-state index in [9.17, 15) is 0 Å². The van der Waals surface area contributed by atoms with Crippen molar-refractivity contribution in [1.29, 1.82) is 0 Å². The van der Waals surface area contributed by atoms with Gasteiger partial charge < -0.3 is 10.1 Å². The fraction of sp³-hybridized carbons (Fsp3) is 0.400. The topological polar surface area (TPSA) is 39.1 Å². The molecule has 1 aromatic heterocycles. The normalized spacial score (nSPS) is 14.4. The molecule has 1 saturated carbocycles. The third-order valence-corrected chi connectivity index (χ3v) is 3.72. The van der Waals surface area contributed by atoms with Crippen LogP contribution in [-0.4, -0.2) is 22.4 Å². The van der Waals surface area contributed by atoms with E-state index >= 15 is 0 Å². The molecule has 0 spiro atoms. The number of nitrogens with one attached hydrogen (secondary N) is 1. The Kier molecular flexibility index (Phi) is 4.38. The highest BCUT2D eigenvalue weighted by Crippen LogP contribution is 2.19. The van der Waals surface area contributed by atoms with E-state index in [-0.39, 0.29) is 0 Å². The average molecular weight is 336 g/mol. The predicted octanol–water partition coefficient (Wildman–Crippen LogP) is 2.98.